The van der Waals surface area contributed by atoms with E-state index in [0.29, 0.717) is 5.56 Å². The molecule has 0 aliphatic carbocycles. The Morgan fingerprint density at radius 2 is 1.85 bits per heavy atom. The highest BCUT2D eigenvalue weighted by Crippen LogP contribution is 2.37. The molecule has 2 aromatic carbocycles. The SMILES string of the molecule is CC1=C(C(=O)OCCO)[C@@H](c2ccc(C3CN3)cc2)NC(=O)N1c1cccc(C(F)(F)F)c1. The first-order valence-electron chi connectivity index (χ1n) is 10.3. The maximum Gasteiger partial charge on any atom is 0.416 e. The maximum absolute atomic E-state index is 13.2. The minimum absolute atomic E-state index is 0.0408. The molecule has 174 valence electrons. The van der Waals surface area contributed by atoms with Crippen LogP contribution in [0, 0.1) is 0 Å². The summed E-state index contributed by atoms with van der Waals surface area (Å²) >= 11 is 0. The molecule has 1 unspecified atom stereocenters. The fraction of sp³-hybridized carbons (Fsp3) is 0.304. The van der Waals surface area contributed by atoms with Gasteiger partial charge in [-0.1, -0.05) is 30.3 Å². The molecule has 3 N–H and O–H groups in total. The monoisotopic (exact) mass is 461 g/mol. The van der Waals surface area contributed by atoms with E-state index in [1.54, 1.807) is 12.1 Å². The van der Waals surface area contributed by atoms with Crippen molar-refractivity contribution in [1.29, 1.82) is 0 Å². The maximum atomic E-state index is 13.2. The van der Waals surface area contributed by atoms with Crippen molar-refractivity contribution >= 4 is 17.7 Å². The summed E-state index contributed by atoms with van der Waals surface area (Å²) in [4.78, 5) is 26.9. The largest absolute Gasteiger partial charge is 0.460 e. The first-order chi connectivity index (χ1) is 15.7. The zero-order valence-corrected chi connectivity index (χ0v) is 17.6. The molecule has 33 heavy (non-hydrogen) atoms. The van der Waals surface area contributed by atoms with E-state index in [4.69, 9.17) is 9.84 Å². The number of aliphatic hydroxyl groups is 1. The lowest BCUT2D eigenvalue weighted by atomic mass is 9.93. The second-order valence-electron chi connectivity index (χ2n) is 7.75. The molecule has 0 spiro atoms. The van der Waals surface area contributed by atoms with Crippen LogP contribution in [-0.2, 0) is 15.7 Å². The van der Waals surface area contributed by atoms with Crippen LogP contribution in [0.25, 0.3) is 0 Å². The van der Waals surface area contributed by atoms with Crippen LogP contribution in [0.5, 0.6) is 0 Å². The van der Waals surface area contributed by atoms with E-state index >= 15 is 0 Å². The Balaban J connectivity index is 1.76. The number of carbonyl (C=O) groups is 2. The number of allylic oxidation sites excluding steroid dienone is 1. The molecule has 1 saturated heterocycles. The molecule has 10 heteroatoms. The average Bonchev–Trinajstić information content (AvgIpc) is 3.62. The molecule has 2 aliphatic rings. The van der Waals surface area contributed by atoms with Gasteiger partial charge in [0.05, 0.1) is 29.5 Å². The van der Waals surface area contributed by atoms with E-state index in [1.165, 1.54) is 19.1 Å². The van der Waals surface area contributed by atoms with Crippen molar-refractivity contribution in [2.45, 2.75) is 25.2 Å². The summed E-state index contributed by atoms with van der Waals surface area (Å²) in [7, 11) is 0. The number of alkyl halides is 3. The number of carbonyl (C=O) groups excluding carboxylic acids is 2. The van der Waals surface area contributed by atoms with Gasteiger partial charge in [-0.05, 0) is 36.2 Å². The van der Waals surface area contributed by atoms with Crippen LogP contribution in [-0.4, -0.2) is 36.9 Å². The third-order valence-corrected chi connectivity index (χ3v) is 5.54. The van der Waals surface area contributed by atoms with Crippen LogP contribution in [0.3, 0.4) is 0 Å². The summed E-state index contributed by atoms with van der Waals surface area (Å²) in [5, 5.41) is 14.9. The van der Waals surface area contributed by atoms with Gasteiger partial charge in [0.15, 0.2) is 0 Å². The molecule has 7 nitrogen and oxygen atoms in total. The molecule has 0 saturated carbocycles. The number of benzene rings is 2. The van der Waals surface area contributed by atoms with Crippen LogP contribution in [0.15, 0.2) is 59.8 Å². The third kappa shape index (κ3) is 4.71. The normalized spacial score (nSPS) is 20.5. The van der Waals surface area contributed by atoms with Gasteiger partial charge in [0.25, 0.3) is 0 Å². The summed E-state index contributed by atoms with van der Waals surface area (Å²) in [5.41, 5.74) is 0.928. The highest BCUT2D eigenvalue weighted by molar-refractivity contribution is 6.03. The Kier molecular flexibility index (Phi) is 6.13. The Morgan fingerprint density at radius 1 is 1.18 bits per heavy atom. The van der Waals surface area contributed by atoms with E-state index in [-0.39, 0.29) is 29.6 Å². The average molecular weight is 461 g/mol. The predicted octanol–water partition coefficient (Wildman–Crippen LogP) is 3.43. The summed E-state index contributed by atoms with van der Waals surface area (Å²) in [6, 6.07) is 10.4. The van der Waals surface area contributed by atoms with E-state index in [1.807, 2.05) is 12.1 Å². The molecule has 1 fully saturated rings. The van der Waals surface area contributed by atoms with Crippen LogP contribution in [0.4, 0.5) is 23.7 Å². The topological polar surface area (TPSA) is 101 Å². The van der Waals surface area contributed by atoms with Gasteiger partial charge in [-0.2, -0.15) is 13.2 Å². The number of hydrogen-bond acceptors (Lipinski definition) is 5. The van der Waals surface area contributed by atoms with E-state index in [0.717, 1.165) is 29.1 Å². The lowest BCUT2D eigenvalue weighted by Crippen LogP contribution is -2.48. The van der Waals surface area contributed by atoms with Crippen molar-refractivity contribution in [3.8, 4) is 0 Å². The van der Waals surface area contributed by atoms with Crippen molar-refractivity contribution < 1.29 is 32.6 Å². The van der Waals surface area contributed by atoms with Crippen molar-refractivity contribution in [3.05, 3.63) is 76.5 Å². The van der Waals surface area contributed by atoms with Gasteiger partial charge in [-0.25, -0.2) is 9.59 Å². The summed E-state index contributed by atoms with van der Waals surface area (Å²) in [6.45, 7) is 1.70. The number of aliphatic hydroxyl groups excluding tert-OH is 1. The Labute approximate surface area is 187 Å². The number of esters is 1. The van der Waals surface area contributed by atoms with Crippen molar-refractivity contribution in [2.24, 2.45) is 0 Å². The molecule has 0 aromatic heterocycles. The van der Waals surface area contributed by atoms with Crippen LogP contribution in [0.2, 0.25) is 0 Å². The minimum Gasteiger partial charge on any atom is -0.460 e. The summed E-state index contributed by atoms with van der Waals surface area (Å²) in [5.74, 6) is -0.781. The fourth-order valence-electron chi connectivity index (χ4n) is 3.82. The van der Waals surface area contributed by atoms with Gasteiger partial charge < -0.3 is 20.5 Å². The number of halogens is 3. The van der Waals surface area contributed by atoms with Gasteiger partial charge in [0, 0.05) is 18.3 Å². The number of nitrogens with zero attached hydrogens (tertiary/aromatic N) is 1. The lowest BCUT2D eigenvalue weighted by Gasteiger charge is -2.35. The minimum atomic E-state index is -4.59. The third-order valence-electron chi connectivity index (χ3n) is 5.54. The highest BCUT2D eigenvalue weighted by Gasteiger charge is 2.38. The number of rotatable bonds is 6. The molecule has 2 amide bonds. The lowest BCUT2D eigenvalue weighted by molar-refractivity contribution is -0.140. The quantitative estimate of drug-likeness (QED) is 0.452. The van der Waals surface area contributed by atoms with E-state index < -0.39 is 36.4 Å². The zero-order valence-electron chi connectivity index (χ0n) is 17.6. The summed E-state index contributed by atoms with van der Waals surface area (Å²) < 4.78 is 44.8. The standard InChI is InChI=1S/C23H22F3N3O4/c1-13-19(21(31)33-10-9-30)20(15-7-5-14(6-8-15)18-12-27-18)28-22(32)29(13)17-4-2-3-16(11-17)23(24,25)26/h2-8,11,18,20,27,30H,9-10,12H2,1H3,(H,28,32)/t18?,20-/m1/s1. The molecule has 2 heterocycles. The van der Waals surface area contributed by atoms with Crippen molar-refractivity contribution in [1.82, 2.24) is 10.6 Å². The Bertz CT molecular complexity index is 1090. The number of urea groups is 1. The summed E-state index contributed by atoms with van der Waals surface area (Å²) in [6.07, 6.45) is -4.59. The number of amides is 2. The first kappa shape index (κ1) is 22.8. The molecule has 2 aromatic rings. The van der Waals surface area contributed by atoms with Crippen LogP contribution < -0.4 is 15.5 Å². The molecule has 2 atom stereocenters. The second-order valence-corrected chi connectivity index (χ2v) is 7.75. The molecule has 0 radical (unpaired) electrons. The molecule has 2 aliphatic heterocycles. The van der Waals surface area contributed by atoms with Crippen LogP contribution >= 0.6 is 0 Å². The van der Waals surface area contributed by atoms with Gasteiger partial charge in [-0.3, -0.25) is 4.90 Å². The van der Waals surface area contributed by atoms with Crippen molar-refractivity contribution in [2.75, 3.05) is 24.7 Å². The zero-order chi connectivity index (χ0) is 23.8. The molecular weight excluding hydrogens is 439 g/mol. The van der Waals surface area contributed by atoms with E-state index in [2.05, 4.69) is 10.6 Å². The first-order valence-corrected chi connectivity index (χ1v) is 10.3. The molecule has 4 rings (SSSR count). The van der Waals surface area contributed by atoms with Gasteiger partial charge >= 0.3 is 18.2 Å². The van der Waals surface area contributed by atoms with E-state index in [9.17, 15) is 22.8 Å². The molecular formula is C23H22F3N3O4. The van der Waals surface area contributed by atoms with Gasteiger partial charge in [0.2, 0.25) is 0 Å². The Morgan fingerprint density at radius 3 is 2.45 bits per heavy atom. The number of anilines is 1. The number of nitrogens with one attached hydrogen (secondary N) is 2. The van der Waals surface area contributed by atoms with Crippen molar-refractivity contribution in [3.63, 3.8) is 0 Å². The number of hydrogen-bond donors (Lipinski definition) is 3. The predicted molar refractivity (Wildman–Crippen MR) is 113 cm³/mol. The molecule has 0 bridgehead atoms. The fourth-order valence-corrected chi connectivity index (χ4v) is 3.82. The van der Waals surface area contributed by atoms with Gasteiger partial charge in [-0.15, -0.1) is 0 Å². The number of ether oxygens (including phenoxy) is 1. The van der Waals surface area contributed by atoms with Crippen LogP contribution in [0.1, 0.15) is 35.7 Å². The second kappa shape index (κ2) is 8.87. The van der Waals surface area contributed by atoms with Gasteiger partial charge in [0.1, 0.15) is 6.61 Å². The Hall–Kier alpha value is -3.37. The smallest absolute Gasteiger partial charge is 0.416 e. The highest BCUT2D eigenvalue weighted by atomic mass is 19.4.